The fourth-order valence-corrected chi connectivity index (χ4v) is 2.60. The first-order chi connectivity index (χ1) is 10.6. The van der Waals surface area contributed by atoms with E-state index in [1.165, 1.54) is 27.9 Å². The van der Waals surface area contributed by atoms with Crippen LogP contribution in [0.4, 0.5) is 5.69 Å². The lowest BCUT2D eigenvalue weighted by Crippen LogP contribution is -2.05. The SMILES string of the molecule is COCCOc1ccc(CNc2c(C)cc(C)cc2C)cc1. The van der Waals surface area contributed by atoms with Gasteiger partial charge in [0, 0.05) is 19.3 Å². The Kier molecular flexibility index (Phi) is 5.84. The standard InChI is InChI=1S/C19H25NO2/c1-14-11-15(2)19(16(3)12-14)20-13-17-5-7-18(8-6-17)22-10-9-21-4/h5-8,11-12,20H,9-10,13H2,1-4H3. The molecule has 0 aliphatic heterocycles. The zero-order valence-electron chi connectivity index (χ0n) is 13.9. The van der Waals surface area contributed by atoms with Crippen LogP contribution in [-0.4, -0.2) is 20.3 Å². The Bertz CT molecular complexity index is 582. The Morgan fingerprint density at radius 2 is 1.55 bits per heavy atom. The topological polar surface area (TPSA) is 30.5 Å². The molecule has 0 atom stereocenters. The molecular weight excluding hydrogens is 274 g/mol. The number of anilines is 1. The average Bonchev–Trinajstić information content (AvgIpc) is 2.48. The van der Waals surface area contributed by atoms with Gasteiger partial charge in [-0.05, 0) is 49.6 Å². The van der Waals surface area contributed by atoms with Gasteiger partial charge in [0.25, 0.3) is 0 Å². The normalized spacial score (nSPS) is 10.5. The molecule has 0 amide bonds. The minimum Gasteiger partial charge on any atom is -0.491 e. The van der Waals surface area contributed by atoms with Gasteiger partial charge < -0.3 is 14.8 Å². The number of benzene rings is 2. The number of hydrogen-bond acceptors (Lipinski definition) is 3. The fourth-order valence-electron chi connectivity index (χ4n) is 2.60. The molecule has 0 heterocycles. The van der Waals surface area contributed by atoms with Crippen LogP contribution in [0.2, 0.25) is 0 Å². The minimum atomic E-state index is 0.579. The van der Waals surface area contributed by atoms with Crippen molar-refractivity contribution in [2.24, 2.45) is 0 Å². The Hall–Kier alpha value is -2.00. The molecule has 3 nitrogen and oxygen atoms in total. The number of hydrogen-bond donors (Lipinski definition) is 1. The molecule has 0 unspecified atom stereocenters. The number of nitrogens with one attached hydrogen (secondary N) is 1. The van der Waals surface area contributed by atoms with E-state index in [-0.39, 0.29) is 0 Å². The summed E-state index contributed by atoms with van der Waals surface area (Å²) in [6, 6.07) is 12.6. The molecule has 0 bridgehead atoms. The second kappa shape index (κ2) is 7.85. The molecule has 0 spiro atoms. The largest absolute Gasteiger partial charge is 0.491 e. The Labute approximate surface area is 133 Å². The summed E-state index contributed by atoms with van der Waals surface area (Å²) in [5.74, 6) is 0.878. The fraction of sp³-hybridized carbons (Fsp3) is 0.368. The molecule has 2 rings (SSSR count). The number of aryl methyl sites for hydroxylation is 3. The van der Waals surface area contributed by atoms with Crippen LogP contribution >= 0.6 is 0 Å². The maximum absolute atomic E-state index is 5.57. The summed E-state index contributed by atoms with van der Waals surface area (Å²) in [7, 11) is 1.67. The van der Waals surface area contributed by atoms with Gasteiger partial charge in [-0.3, -0.25) is 0 Å². The van der Waals surface area contributed by atoms with E-state index in [1.54, 1.807) is 7.11 Å². The lowest BCUT2D eigenvalue weighted by molar-refractivity contribution is 0.146. The number of ether oxygens (including phenoxy) is 2. The molecule has 2 aromatic rings. The van der Waals surface area contributed by atoms with Crippen LogP contribution in [-0.2, 0) is 11.3 Å². The lowest BCUT2D eigenvalue weighted by atomic mass is 10.0. The van der Waals surface area contributed by atoms with E-state index in [4.69, 9.17) is 9.47 Å². The zero-order valence-corrected chi connectivity index (χ0v) is 13.9. The van der Waals surface area contributed by atoms with Crippen molar-refractivity contribution in [3.8, 4) is 5.75 Å². The summed E-state index contributed by atoms with van der Waals surface area (Å²) in [6.45, 7) is 8.42. The molecule has 0 saturated heterocycles. The molecule has 3 heteroatoms. The molecule has 0 aromatic heterocycles. The van der Waals surface area contributed by atoms with Gasteiger partial charge in [-0.25, -0.2) is 0 Å². The van der Waals surface area contributed by atoms with Gasteiger partial charge in [0.15, 0.2) is 0 Å². The van der Waals surface area contributed by atoms with Crippen LogP contribution in [0.3, 0.4) is 0 Å². The van der Waals surface area contributed by atoms with Crippen molar-refractivity contribution in [1.29, 1.82) is 0 Å². The summed E-state index contributed by atoms with van der Waals surface area (Å²) in [5.41, 5.74) is 6.34. The van der Waals surface area contributed by atoms with Crippen LogP contribution < -0.4 is 10.1 Å². The van der Waals surface area contributed by atoms with Crippen LogP contribution in [0.5, 0.6) is 5.75 Å². The van der Waals surface area contributed by atoms with E-state index >= 15 is 0 Å². The first-order valence-corrected chi connectivity index (χ1v) is 7.62. The first-order valence-electron chi connectivity index (χ1n) is 7.62. The molecule has 1 N–H and O–H groups in total. The van der Waals surface area contributed by atoms with Crippen LogP contribution in [0.25, 0.3) is 0 Å². The molecule has 2 aromatic carbocycles. The van der Waals surface area contributed by atoms with Gasteiger partial charge in [0.2, 0.25) is 0 Å². The molecule has 118 valence electrons. The second-order valence-electron chi connectivity index (χ2n) is 5.61. The molecule has 22 heavy (non-hydrogen) atoms. The molecule has 0 aliphatic rings. The van der Waals surface area contributed by atoms with Gasteiger partial charge in [-0.15, -0.1) is 0 Å². The van der Waals surface area contributed by atoms with Gasteiger partial charge in [-0.1, -0.05) is 29.8 Å². The summed E-state index contributed by atoms with van der Waals surface area (Å²) >= 11 is 0. The third-order valence-electron chi connectivity index (χ3n) is 3.63. The van der Waals surface area contributed by atoms with Crippen molar-refractivity contribution in [3.05, 3.63) is 58.7 Å². The molecule has 0 saturated carbocycles. The summed E-state index contributed by atoms with van der Waals surface area (Å²) in [6.07, 6.45) is 0. The maximum atomic E-state index is 5.57. The van der Waals surface area contributed by atoms with Gasteiger partial charge in [0.05, 0.1) is 6.61 Å². The lowest BCUT2D eigenvalue weighted by Gasteiger charge is -2.14. The average molecular weight is 299 g/mol. The van der Waals surface area contributed by atoms with Crippen molar-refractivity contribution < 1.29 is 9.47 Å². The Balaban J connectivity index is 1.94. The van der Waals surface area contributed by atoms with Gasteiger partial charge in [-0.2, -0.15) is 0 Å². The highest BCUT2D eigenvalue weighted by Crippen LogP contribution is 2.23. The predicted molar refractivity (Wildman–Crippen MR) is 91.8 cm³/mol. The summed E-state index contributed by atoms with van der Waals surface area (Å²) < 4.78 is 10.5. The van der Waals surface area contributed by atoms with Crippen molar-refractivity contribution >= 4 is 5.69 Å². The van der Waals surface area contributed by atoms with Gasteiger partial charge in [0.1, 0.15) is 12.4 Å². The van der Waals surface area contributed by atoms with E-state index in [0.29, 0.717) is 13.2 Å². The number of methoxy groups -OCH3 is 1. The molecule has 0 aliphatic carbocycles. The first kappa shape index (κ1) is 16.4. The highest BCUT2D eigenvalue weighted by atomic mass is 16.5. The maximum Gasteiger partial charge on any atom is 0.119 e. The molecule has 0 radical (unpaired) electrons. The van der Waals surface area contributed by atoms with Crippen molar-refractivity contribution in [2.45, 2.75) is 27.3 Å². The third kappa shape index (κ3) is 4.50. The molecule has 0 fully saturated rings. The third-order valence-corrected chi connectivity index (χ3v) is 3.63. The van der Waals surface area contributed by atoms with E-state index in [9.17, 15) is 0 Å². The van der Waals surface area contributed by atoms with E-state index in [1.807, 2.05) is 12.1 Å². The molecular formula is C19H25NO2. The monoisotopic (exact) mass is 299 g/mol. The van der Waals surface area contributed by atoms with Gasteiger partial charge >= 0.3 is 0 Å². The van der Waals surface area contributed by atoms with E-state index in [0.717, 1.165) is 12.3 Å². The van der Waals surface area contributed by atoms with E-state index in [2.05, 4.69) is 50.4 Å². The predicted octanol–water partition coefficient (Wildman–Crippen LogP) is 4.25. The number of rotatable bonds is 7. The minimum absolute atomic E-state index is 0.579. The second-order valence-corrected chi connectivity index (χ2v) is 5.61. The van der Waals surface area contributed by atoms with E-state index < -0.39 is 0 Å². The smallest absolute Gasteiger partial charge is 0.119 e. The summed E-state index contributed by atoms with van der Waals surface area (Å²) in [5, 5.41) is 3.54. The Morgan fingerprint density at radius 3 is 2.14 bits per heavy atom. The van der Waals surface area contributed by atoms with Crippen molar-refractivity contribution in [2.75, 3.05) is 25.6 Å². The van der Waals surface area contributed by atoms with Crippen molar-refractivity contribution in [3.63, 3.8) is 0 Å². The van der Waals surface area contributed by atoms with Crippen LogP contribution in [0.1, 0.15) is 22.3 Å². The van der Waals surface area contributed by atoms with Crippen LogP contribution in [0.15, 0.2) is 36.4 Å². The zero-order chi connectivity index (χ0) is 15.9. The highest BCUT2D eigenvalue weighted by Gasteiger charge is 2.03. The summed E-state index contributed by atoms with van der Waals surface area (Å²) in [4.78, 5) is 0. The van der Waals surface area contributed by atoms with Crippen LogP contribution in [0, 0.1) is 20.8 Å². The van der Waals surface area contributed by atoms with Crippen molar-refractivity contribution in [1.82, 2.24) is 0 Å². The Morgan fingerprint density at radius 1 is 0.909 bits per heavy atom. The highest BCUT2D eigenvalue weighted by molar-refractivity contribution is 5.58. The quantitative estimate of drug-likeness (QED) is 0.775.